The van der Waals surface area contributed by atoms with Gasteiger partial charge < -0.3 is 19.3 Å². The van der Waals surface area contributed by atoms with Crippen molar-refractivity contribution in [2.24, 2.45) is 0 Å². The van der Waals surface area contributed by atoms with Crippen LogP contribution in [0.2, 0.25) is 0 Å². The number of hydrogen-bond donors (Lipinski definition) is 1. The zero-order valence-electron chi connectivity index (χ0n) is 14.4. The monoisotopic (exact) mass is 382 g/mol. The van der Waals surface area contributed by atoms with Crippen LogP contribution in [-0.2, 0) is 14.6 Å². The minimum atomic E-state index is -3.33. The van der Waals surface area contributed by atoms with Crippen molar-refractivity contribution in [2.45, 2.75) is 17.9 Å². The molecule has 0 aliphatic carbocycles. The van der Waals surface area contributed by atoms with Crippen molar-refractivity contribution in [1.82, 2.24) is 9.97 Å². The average Bonchev–Trinajstić information content (AvgIpc) is 2.54. The molecule has 1 aromatic carbocycles. The lowest BCUT2D eigenvalue weighted by molar-refractivity contribution is 0.0679. The molecule has 0 aliphatic heterocycles. The van der Waals surface area contributed by atoms with E-state index in [1.807, 2.05) is 0 Å². The van der Waals surface area contributed by atoms with Gasteiger partial charge in [0.05, 0.1) is 11.5 Å². The van der Waals surface area contributed by atoms with Crippen LogP contribution >= 0.6 is 0 Å². The molecule has 0 saturated carbocycles. The van der Waals surface area contributed by atoms with Gasteiger partial charge in [-0.3, -0.25) is 0 Å². The highest BCUT2D eigenvalue weighted by molar-refractivity contribution is 7.90. The van der Waals surface area contributed by atoms with Gasteiger partial charge in [-0.2, -0.15) is 9.97 Å². The molecule has 1 atom stereocenters. The summed E-state index contributed by atoms with van der Waals surface area (Å²) in [6.45, 7) is 1.98. The zero-order chi connectivity index (χ0) is 19.3. The van der Waals surface area contributed by atoms with Crippen LogP contribution in [0.15, 0.2) is 35.2 Å². The molecule has 140 valence electrons. The molecule has 9 nitrogen and oxygen atoms in total. The Hall–Kier alpha value is -2.72. The SMILES string of the molecule is COCC(C)Oc1nc(Oc2ccc(S(C)(=O)=O)cc2)cc(C(=O)O)n1. The molecule has 0 fully saturated rings. The van der Waals surface area contributed by atoms with E-state index in [0.717, 1.165) is 12.3 Å². The summed E-state index contributed by atoms with van der Waals surface area (Å²) in [5.74, 6) is -1.04. The van der Waals surface area contributed by atoms with Gasteiger partial charge in [0.1, 0.15) is 11.9 Å². The predicted octanol–water partition coefficient (Wildman–Crippen LogP) is 1.78. The smallest absolute Gasteiger partial charge is 0.354 e. The average molecular weight is 382 g/mol. The normalized spacial score (nSPS) is 12.4. The predicted molar refractivity (Wildman–Crippen MR) is 90.6 cm³/mol. The lowest BCUT2D eigenvalue weighted by atomic mass is 10.3. The standard InChI is InChI=1S/C16H18N2O7S/c1-10(9-23-2)24-16-17-13(15(19)20)8-14(18-16)25-11-4-6-12(7-5-11)26(3,21)22/h4-8,10H,9H2,1-3H3,(H,19,20). The highest BCUT2D eigenvalue weighted by atomic mass is 32.2. The molecular formula is C16H18N2O7S. The van der Waals surface area contributed by atoms with Crippen molar-refractivity contribution in [3.8, 4) is 17.6 Å². The molecule has 1 unspecified atom stereocenters. The second kappa shape index (κ2) is 8.11. The summed E-state index contributed by atoms with van der Waals surface area (Å²) in [6, 6.07) is 6.60. The molecule has 0 amide bonds. The molecule has 2 rings (SSSR count). The van der Waals surface area contributed by atoms with Crippen molar-refractivity contribution in [3.05, 3.63) is 36.0 Å². The number of carboxylic acids is 1. The summed E-state index contributed by atoms with van der Waals surface area (Å²) in [4.78, 5) is 19.2. The number of aromatic nitrogens is 2. The maximum absolute atomic E-state index is 11.5. The van der Waals surface area contributed by atoms with Gasteiger partial charge in [-0.25, -0.2) is 13.2 Å². The number of sulfone groups is 1. The van der Waals surface area contributed by atoms with E-state index < -0.39 is 21.9 Å². The molecule has 26 heavy (non-hydrogen) atoms. The van der Waals surface area contributed by atoms with Gasteiger partial charge in [0, 0.05) is 19.4 Å². The quantitative estimate of drug-likeness (QED) is 0.727. The molecule has 0 saturated heterocycles. The van der Waals surface area contributed by atoms with Crippen molar-refractivity contribution in [1.29, 1.82) is 0 Å². The molecule has 1 aromatic heterocycles. The fourth-order valence-corrected chi connectivity index (χ4v) is 2.57. The van der Waals surface area contributed by atoms with E-state index in [1.54, 1.807) is 6.92 Å². The van der Waals surface area contributed by atoms with Crippen LogP contribution in [-0.4, -0.2) is 55.5 Å². The molecule has 0 bridgehead atoms. The Labute approximate surface area is 150 Å². The lowest BCUT2D eigenvalue weighted by Gasteiger charge is -2.13. The van der Waals surface area contributed by atoms with E-state index in [2.05, 4.69) is 9.97 Å². The van der Waals surface area contributed by atoms with Crippen LogP contribution < -0.4 is 9.47 Å². The third-order valence-corrected chi connectivity index (χ3v) is 4.21. The lowest BCUT2D eigenvalue weighted by Crippen LogP contribution is -2.20. The molecule has 0 aliphatic rings. The number of carboxylic acid groups (broad SMARTS) is 1. The largest absolute Gasteiger partial charge is 0.477 e. The first-order valence-corrected chi connectivity index (χ1v) is 9.34. The second-order valence-corrected chi connectivity index (χ2v) is 7.42. The van der Waals surface area contributed by atoms with Gasteiger partial charge in [-0.15, -0.1) is 0 Å². The summed E-state index contributed by atoms with van der Waals surface area (Å²) in [7, 11) is -1.82. The van der Waals surface area contributed by atoms with E-state index in [1.165, 1.54) is 31.4 Å². The number of rotatable bonds is 8. The molecule has 0 spiro atoms. The number of aromatic carboxylic acids is 1. The zero-order valence-corrected chi connectivity index (χ0v) is 15.2. The Kier molecular flexibility index (Phi) is 6.11. The minimum absolute atomic E-state index is 0.0517. The summed E-state index contributed by atoms with van der Waals surface area (Å²) in [5, 5.41) is 9.17. The van der Waals surface area contributed by atoms with Crippen molar-refractivity contribution in [2.75, 3.05) is 20.0 Å². The van der Waals surface area contributed by atoms with Gasteiger partial charge in [-0.05, 0) is 31.2 Å². The maximum Gasteiger partial charge on any atom is 0.354 e. The number of carbonyl (C=O) groups is 1. The summed E-state index contributed by atoms with van der Waals surface area (Å²) in [6.07, 6.45) is 0.697. The van der Waals surface area contributed by atoms with Crippen molar-refractivity contribution >= 4 is 15.8 Å². The first-order chi connectivity index (χ1) is 12.2. The molecule has 10 heteroatoms. The fourth-order valence-electron chi connectivity index (χ4n) is 1.94. The van der Waals surface area contributed by atoms with Gasteiger partial charge in [0.15, 0.2) is 15.5 Å². The highest BCUT2D eigenvalue weighted by Gasteiger charge is 2.15. The summed E-state index contributed by atoms with van der Waals surface area (Å²) < 4.78 is 38.8. The van der Waals surface area contributed by atoms with Crippen LogP contribution in [0.25, 0.3) is 0 Å². The van der Waals surface area contributed by atoms with Crippen molar-refractivity contribution < 1.29 is 32.5 Å². The van der Waals surface area contributed by atoms with Crippen LogP contribution in [0.3, 0.4) is 0 Å². The van der Waals surface area contributed by atoms with Gasteiger partial charge in [-0.1, -0.05) is 0 Å². The van der Waals surface area contributed by atoms with Crippen LogP contribution in [0.5, 0.6) is 17.6 Å². The van der Waals surface area contributed by atoms with E-state index >= 15 is 0 Å². The Balaban J connectivity index is 2.27. The second-order valence-electron chi connectivity index (χ2n) is 5.41. The van der Waals surface area contributed by atoms with Gasteiger partial charge in [0.2, 0.25) is 5.88 Å². The Morgan fingerprint density at radius 3 is 2.42 bits per heavy atom. The number of benzene rings is 1. The number of ether oxygens (including phenoxy) is 3. The topological polar surface area (TPSA) is 125 Å². The molecule has 0 radical (unpaired) electrons. The number of methoxy groups -OCH3 is 1. The molecule has 1 N–H and O–H groups in total. The number of nitrogens with zero attached hydrogens (tertiary/aromatic N) is 2. The van der Waals surface area contributed by atoms with Gasteiger partial charge in [0.25, 0.3) is 0 Å². The Morgan fingerprint density at radius 1 is 1.23 bits per heavy atom. The summed E-state index contributed by atoms with van der Waals surface area (Å²) in [5.41, 5.74) is -0.303. The minimum Gasteiger partial charge on any atom is -0.477 e. The fraction of sp³-hybridized carbons (Fsp3) is 0.312. The Bertz CT molecular complexity index is 882. The summed E-state index contributed by atoms with van der Waals surface area (Å²) >= 11 is 0. The molecular weight excluding hydrogens is 364 g/mol. The van der Waals surface area contributed by atoms with Crippen LogP contribution in [0.1, 0.15) is 17.4 Å². The van der Waals surface area contributed by atoms with E-state index in [-0.39, 0.29) is 34.8 Å². The van der Waals surface area contributed by atoms with E-state index in [0.29, 0.717) is 0 Å². The van der Waals surface area contributed by atoms with Crippen LogP contribution in [0.4, 0.5) is 0 Å². The number of hydrogen-bond acceptors (Lipinski definition) is 8. The maximum atomic E-state index is 11.5. The van der Waals surface area contributed by atoms with E-state index in [4.69, 9.17) is 14.2 Å². The van der Waals surface area contributed by atoms with Crippen molar-refractivity contribution in [3.63, 3.8) is 0 Å². The van der Waals surface area contributed by atoms with Crippen LogP contribution in [0, 0.1) is 0 Å². The third-order valence-electron chi connectivity index (χ3n) is 3.08. The first-order valence-electron chi connectivity index (χ1n) is 7.45. The third kappa shape index (κ3) is 5.39. The molecule has 1 heterocycles. The first kappa shape index (κ1) is 19.6. The van der Waals surface area contributed by atoms with Gasteiger partial charge >= 0.3 is 12.0 Å². The molecule has 2 aromatic rings. The highest BCUT2D eigenvalue weighted by Crippen LogP contribution is 2.24. The van der Waals surface area contributed by atoms with E-state index in [9.17, 15) is 18.3 Å². The Morgan fingerprint density at radius 2 is 1.88 bits per heavy atom.